The molecular formula is C23H34N2O3. The van der Waals surface area contributed by atoms with Gasteiger partial charge in [-0.25, -0.2) is 4.79 Å². The lowest BCUT2D eigenvalue weighted by atomic mass is 9.98. The third-order valence-corrected chi connectivity index (χ3v) is 5.16. The third-order valence-electron chi connectivity index (χ3n) is 5.16. The van der Waals surface area contributed by atoms with Crippen molar-refractivity contribution in [2.45, 2.75) is 71.4 Å². The van der Waals surface area contributed by atoms with Crippen molar-refractivity contribution >= 4 is 12.0 Å². The van der Waals surface area contributed by atoms with Crippen LogP contribution in [-0.4, -0.2) is 36.0 Å². The van der Waals surface area contributed by atoms with E-state index in [1.165, 1.54) is 5.57 Å². The molecule has 5 heteroatoms. The minimum Gasteiger partial charge on any atom is -0.445 e. The molecule has 0 spiro atoms. The Kier molecular flexibility index (Phi) is 9.60. The van der Waals surface area contributed by atoms with Gasteiger partial charge >= 0.3 is 6.09 Å². The zero-order valence-corrected chi connectivity index (χ0v) is 17.3. The molecule has 0 aromatic heterocycles. The molecule has 1 atom stereocenters. The van der Waals surface area contributed by atoms with Crippen LogP contribution >= 0.6 is 0 Å². The van der Waals surface area contributed by atoms with Gasteiger partial charge in [0.15, 0.2) is 0 Å². The maximum Gasteiger partial charge on any atom is 0.407 e. The molecule has 2 rings (SSSR count). The standard InChI is InChI=1S/C23H34N2O3/c1-3-5-10-19-14-16-25(22(26)17-19)21(9-4-2)13-15-24-23(27)28-18-20-11-7-6-8-12-20/h6-8,11-12,17,21H,3-5,9-10,13-16,18H2,1-2H3,(H,24,27). The molecule has 1 aromatic carbocycles. The van der Waals surface area contributed by atoms with Gasteiger partial charge in [-0.1, -0.05) is 62.6 Å². The summed E-state index contributed by atoms with van der Waals surface area (Å²) in [6.07, 6.45) is 8.44. The monoisotopic (exact) mass is 386 g/mol. The van der Waals surface area contributed by atoms with E-state index in [0.717, 1.165) is 57.1 Å². The van der Waals surface area contributed by atoms with E-state index in [-0.39, 0.29) is 18.6 Å². The second kappa shape index (κ2) is 12.2. The number of unbranched alkanes of at least 4 members (excludes halogenated alkanes) is 1. The molecule has 1 aliphatic heterocycles. The van der Waals surface area contributed by atoms with Crippen molar-refractivity contribution in [1.29, 1.82) is 0 Å². The number of ether oxygens (including phenoxy) is 1. The van der Waals surface area contributed by atoms with Gasteiger partial charge in [0, 0.05) is 25.2 Å². The minimum absolute atomic E-state index is 0.127. The lowest BCUT2D eigenvalue weighted by Crippen LogP contribution is -2.44. The first-order chi connectivity index (χ1) is 13.6. The first-order valence-corrected chi connectivity index (χ1v) is 10.6. The first kappa shape index (κ1) is 22.0. The quantitative estimate of drug-likeness (QED) is 0.593. The zero-order chi connectivity index (χ0) is 20.2. The Hall–Kier alpha value is -2.30. The first-order valence-electron chi connectivity index (χ1n) is 10.6. The number of hydrogen-bond donors (Lipinski definition) is 1. The number of amides is 2. The number of alkyl carbamates (subject to hydrolysis) is 1. The van der Waals surface area contributed by atoms with Crippen LogP contribution in [-0.2, 0) is 16.1 Å². The van der Waals surface area contributed by atoms with E-state index in [4.69, 9.17) is 4.74 Å². The molecule has 28 heavy (non-hydrogen) atoms. The molecule has 1 aromatic rings. The van der Waals surface area contributed by atoms with Gasteiger partial charge < -0.3 is 15.0 Å². The largest absolute Gasteiger partial charge is 0.445 e. The Morgan fingerprint density at radius 2 is 1.96 bits per heavy atom. The molecule has 5 nitrogen and oxygen atoms in total. The summed E-state index contributed by atoms with van der Waals surface area (Å²) in [5.41, 5.74) is 2.24. The molecule has 1 heterocycles. The van der Waals surface area contributed by atoms with Crippen molar-refractivity contribution in [2.75, 3.05) is 13.1 Å². The van der Waals surface area contributed by atoms with Crippen molar-refractivity contribution in [2.24, 2.45) is 0 Å². The predicted octanol–water partition coefficient (Wildman–Crippen LogP) is 4.82. The smallest absolute Gasteiger partial charge is 0.407 e. The van der Waals surface area contributed by atoms with Crippen LogP contribution in [0.25, 0.3) is 0 Å². The zero-order valence-electron chi connectivity index (χ0n) is 17.3. The van der Waals surface area contributed by atoms with Crippen molar-refractivity contribution in [1.82, 2.24) is 10.2 Å². The number of carbonyl (C=O) groups is 2. The SMILES string of the molecule is CCCCC1=CC(=O)N(C(CCC)CCNC(=O)OCc2ccccc2)CC1. The molecule has 1 N–H and O–H groups in total. The molecule has 0 fully saturated rings. The number of nitrogens with one attached hydrogen (secondary N) is 1. The third kappa shape index (κ3) is 7.37. The average Bonchev–Trinajstić information content (AvgIpc) is 2.71. The Morgan fingerprint density at radius 1 is 1.18 bits per heavy atom. The minimum atomic E-state index is -0.411. The highest BCUT2D eigenvalue weighted by Crippen LogP contribution is 2.22. The molecule has 0 aliphatic carbocycles. The van der Waals surface area contributed by atoms with E-state index < -0.39 is 6.09 Å². The summed E-state index contributed by atoms with van der Waals surface area (Å²) in [5.74, 6) is 0.127. The van der Waals surface area contributed by atoms with E-state index in [1.54, 1.807) is 0 Å². The second-order valence-corrected chi connectivity index (χ2v) is 7.41. The number of benzene rings is 1. The van der Waals surface area contributed by atoms with Gasteiger partial charge in [-0.2, -0.15) is 0 Å². The van der Waals surface area contributed by atoms with Crippen LogP contribution < -0.4 is 5.32 Å². The lowest BCUT2D eigenvalue weighted by molar-refractivity contribution is -0.129. The molecular weight excluding hydrogens is 352 g/mol. The summed E-state index contributed by atoms with van der Waals surface area (Å²) in [6, 6.07) is 9.79. The normalized spacial score (nSPS) is 15.1. The van der Waals surface area contributed by atoms with Gasteiger partial charge in [0.25, 0.3) is 0 Å². The van der Waals surface area contributed by atoms with Crippen molar-refractivity contribution in [3.8, 4) is 0 Å². The molecule has 1 unspecified atom stereocenters. The summed E-state index contributed by atoms with van der Waals surface area (Å²) in [7, 11) is 0. The van der Waals surface area contributed by atoms with E-state index in [2.05, 4.69) is 19.2 Å². The number of hydrogen-bond acceptors (Lipinski definition) is 3. The van der Waals surface area contributed by atoms with Crippen molar-refractivity contribution in [3.05, 3.63) is 47.5 Å². The highest BCUT2D eigenvalue weighted by Gasteiger charge is 2.25. The fraction of sp³-hybridized carbons (Fsp3) is 0.565. The molecule has 0 saturated heterocycles. The summed E-state index contributed by atoms with van der Waals surface area (Å²) < 4.78 is 5.25. The van der Waals surface area contributed by atoms with Crippen LogP contribution in [0.15, 0.2) is 42.0 Å². The maximum absolute atomic E-state index is 12.6. The summed E-state index contributed by atoms with van der Waals surface area (Å²) in [5, 5.41) is 2.82. The van der Waals surface area contributed by atoms with Crippen molar-refractivity contribution < 1.29 is 14.3 Å². The maximum atomic E-state index is 12.6. The fourth-order valence-corrected chi connectivity index (χ4v) is 3.57. The number of nitrogens with zero attached hydrogens (tertiary/aromatic N) is 1. The van der Waals surface area contributed by atoms with Gasteiger partial charge in [-0.3, -0.25) is 4.79 Å². The summed E-state index contributed by atoms with van der Waals surface area (Å²) in [6.45, 7) is 5.87. The Balaban J connectivity index is 1.77. The van der Waals surface area contributed by atoms with Crippen molar-refractivity contribution in [3.63, 3.8) is 0 Å². The Labute approximate surface area is 169 Å². The van der Waals surface area contributed by atoms with E-state index >= 15 is 0 Å². The van der Waals surface area contributed by atoms with Crippen LogP contribution in [0.4, 0.5) is 4.79 Å². The molecule has 2 amide bonds. The second-order valence-electron chi connectivity index (χ2n) is 7.41. The molecule has 154 valence electrons. The van der Waals surface area contributed by atoms with Crippen LogP contribution in [0, 0.1) is 0 Å². The summed E-state index contributed by atoms with van der Waals surface area (Å²) >= 11 is 0. The highest BCUT2D eigenvalue weighted by molar-refractivity contribution is 5.89. The van der Waals surface area contributed by atoms with Gasteiger partial charge in [-0.15, -0.1) is 0 Å². The molecule has 1 aliphatic rings. The Bertz CT molecular complexity index is 643. The van der Waals surface area contributed by atoms with E-state index in [1.807, 2.05) is 41.3 Å². The van der Waals surface area contributed by atoms with Gasteiger partial charge in [-0.05, 0) is 37.7 Å². The van der Waals surface area contributed by atoms with Gasteiger partial charge in [0.1, 0.15) is 6.61 Å². The molecule has 0 saturated carbocycles. The fourth-order valence-electron chi connectivity index (χ4n) is 3.57. The predicted molar refractivity (Wildman–Crippen MR) is 112 cm³/mol. The van der Waals surface area contributed by atoms with Crippen LogP contribution in [0.2, 0.25) is 0 Å². The topological polar surface area (TPSA) is 58.6 Å². The van der Waals surface area contributed by atoms with Gasteiger partial charge in [0.2, 0.25) is 5.91 Å². The molecule has 0 radical (unpaired) electrons. The average molecular weight is 387 g/mol. The lowest BCUT2D eigenvalue weighted by Gasteiger charge is -2.34. The highest BCUT2D eigenvalue weighted by atomic mass is 16.5. The van der Waals surface area contributed by atoms with E-state index in [9.17, 15) is 9.59 Å². The van der Waals surface area contributed by atoms with Crippen LogP contribution in [0.5, 0.6) is 0 Å². The number of carbonyl (C=O) groups excluding carboxylic acids is 2. The molecule has 0 bridgehead atoms. The van der Waals surface area contributed by atoms with Crippen LogP contribution in [0.1, 0.15) is 64.4 Å². The van der Waals surface area contributed by atoms with Gasteiger partial charge in [0.05, 0.1) is 0 Å². The summed E-state index contributed by atoms with van der Waals surface area (Å²) in [4.78, 5) is 26.5. The Morgan fingerprint density at radius 3 is 2.64 bits per heavy atom. The van der Waals surface area contributed by atoms with Crippen LogP contribution in [0.3, 0.4) is 0 Å². The number of rotatable bonds is 11. The van der Waals surface area contributed by atoms with E-state index in [0.29, 0.717) is 6.54 Å².